The van der Waals surface area contributed by atoms with Crippen LogP contribution in [0.25, 0.3) is 0 Å². The summed E-state index contributed by atoms with van der Waals surface area (Å²) in [6, 6.07) is 0. The van der Waals surface area contributed by atoms with Crippen LogP contribution in [-0.4, -0.2) is 44.4 Å². The average molecular weight is 257 g/mol. The number of rotatable bonds is 7. The average Bonchev–Trinajstić information content (AvgIpc) is 2.27. The Kier molecular flexibility index (Phi) is 7.29. The van der Waals surface area contributed by atoms with Crippen molar-refractivity contribution in [3.05, 3.63) is 11.8 Å². The number of allylic oxidation sites excluding steroid dienone is 1. The summed E-state index contributed by atoms with van der Waals surface area (Å²) in [4.78, 5) is 0. The summed E-state index contributed by atoms with van der Waals surface area (Å²) in [5, 5.41) is 1.46. The Labute approximate surface area is 110 Å². The minimum absolute atomic E-state index is 0.224. The van der Waals surface area contributed by atoms with Crippen LogP contribution in [0, 0.1) is 5.41 Å². The maximum atomic E-state index is 4.44. The van der Waals surface area contributed by atoms with E-state index >= 15 is 0 Å². The van der Waals surface area contributed by atoms with Crippen molar-refractivity contribution in [2.75, 3.05) is 26.2 Å². The third kappa shape index (κ3) is 4.57. The largest absolute Gasteiger partial charge is 0.311 e. The van der Waals surface area contributed by atoms with Gasteiger partial charge in [-0.25, -0.2) is 0 Å². The van der Waals surface area contributed by atoms with Gasteiger partial charge in [0.25, 0.3) is 0 Å². The second-order valence-corrected chi connectivity index (χ2v) is 8.50. The molecule has 0 saturated carbocycles. The quantitative estimate of drug-likeness (QED) is 0.646. The Bertz CT molecular complexity index is 213. The van der Waals surface area contributed by atoms with Crippen LogP contribution < -0.4 is 0 Å². The molecule has 0 aromatic rings. The molecule has 0 amide bonds. The smallest absolute Gasteiger partial charge is 0.218 e. The van der Waals surface area contributed by atoms with Gasteiger partial charge in [0.05, 0.1) is 0 Å². The molecule has 3 heteroatoms. The first-order chi connectivity index (χ1) is 7.83. The Morgan fingerprint density at radius 2 is 1.18 bits per heavy atom. The van der Waals surface area contributed by atoms with Gasteiger partial charge in [-0.1, -0.05) is 53.7 Å². The first-order valence-corrected chi connectivity index (χ1v) is 8.61. The molecule has 0 spiro atoms. The zero-order valence-electron chi connectivity index (χ0n) is 13.0. The molecule has 0 aliphatic carbocycles. The highest BCUT2D eigenvalue weighted by molar-refractivity contribution is 6.61. The predicted octanol–water partition coefficient (Wildman–Crippen LogP) is 3.03. The lowest BCUT2D eigenvalue weighted by Crippen LogP contribution is -2.55. The summed E-state index contributed by atoms with van der Waals surface area (Å²) in [7, 11) is -1.21. The summed E-state index contributed by atoms with van der Waals surface area (Å²) < 4.78 is 5.28. The van der Waals surface area contributed by atoms with Crippen LogP contribution in [-0.2, 0) is 0 Å². The normalized spacial score (nSPS) is 12.8. The van der Waals surface area contributed by atoms with Crippen LogP contribution in [0.5, 0.6) is 0 Å². The van der Waals surface area contributed by atoms with E-state index in [0.717, 1.165) is 26.2 Å². The SMILES string of the molecule is C=C([SiH](N(CC)CC)N(CC)CC)C(C)(C)C. The van der Waals surface area contributed by atoms with Crippen LogP contribution in [0.3, 0.4) is 0 Å². The molecule has 0 aliphatic rings. The Hall–Kier alpha value is -0.123. The highest BCUT2D eigenvalue weighted by Gasteiger charge is 2.32. The fourth-order valence-electron chi connectivity index (χ4n) is 2.20. The fourth-order valence-corrected chi connectivity index (χ4v) is 5.70. The highest BCUT2D eigenvalue weighted by Crippen LogP contribution is 2.28. The van der Waals surface area contributed by atoms with Gasteiger partial charge in [0.2, 0.25) is 9.12 Å². The van der Waals surface area contributed by atoms with Crippen molar-refractivity contribution in [3.8, 4) is 0 Å². The van der Waals surface area contributed by atoms with Crippen LogP contribution in [0.15, 0.2) is 11.8 Å². The first kappa shape index (κ1) is 16.9. The lowest BCUT2D eigenvalue weighted by Gasteiger charge is -2.41. The van der Waals surface area contributed by atoms with E-state index in [2.05, 4.69) is 64.2 Å². The molecule has 0 rings (SSSR count). The Morgan fingerprint density at radius 1 is 0.882 bits per heavy atom. The lowest BCUT2D eigenvalue weighted by atomic mass is 9.97. The standard InChI is InChI=1S/C14H32N2Si/c1-9-15(10-2)17(16(11-3)12-4)13(5)14(6,7)8/h17H,5,9-12H2,1-4,6-8H3. The van der Waals surface area contributed by atoms with E-state index in [9.17, 15) is 0 Å². The molecular formula is C14H32N2Si. The molecule has 2 nitrogen and oxygen atoms in total. The Morgan fingerprint density at radius 3 is 1.35 bits per heavy atom. The number of hydrogen-bond donors (Lipinski definition) is 0. The summed E-state index contributed by atoms with van der Waals surface area (Å²) in [6.45, 7) is 24.9. The van der Waals surface area contributed by atoms with E-state index in [4.69, 9.17) is 0 Å². The summed E-state index contributed by atoms with van der Waals surface area (Å²) >= 11 is 0. The van der Waals surface area contributed by atoms with Crippen molar-refractivity contribution < 1.29 is 0 Å². The lowest BCUT2D eigenvalue weighted by molar-refractivity contribution is 0.371. The van der Waals surface area contributed by atoms with Gasteiger partial charge in [0.15, 0.2) is 0 Å². The van der Waals surface area contributed by atoms with Crippen LogP contribution in [0.4, 0.5) is 0 Å². The molecule has 0 aromatic heterocycles. The maximum Gasteiger partial charge on any atom is 0.218 e. The van der Waals surface area contributed by atoms with Gasteiger partial charge in [-0.05, 0) is 31.6 Å². The van der Waals surface area contributed by atoms with Crippen molar-refractivity contribution in [1.82, 2.24) is 9.13 Å². The monoisotopic (exact) mass is 256 g/mol. The second-order valence-electron chi connectivity index (χ2n) is 5.59. The molecule has 0 N–H and O–H groups in total. The predicted molar refractivity (Wildman–Crippen MR) is 81.6 cm³/mol. The summed E-state index contributed by atoms with van der Waals surface area (Å²) in [5.74, 6) is 0. The van der Waals surface area contributed by atoms with E-state index in [1.807, 2.05) is 0 Å². The van der Waals surface area contributed by atoms with Gasteiger partial charge in [0.1, 0.15) is 0 Å². The van der Waals surface area contributed by atoms with Crippen LogP contribution >= 0.6 is 0 Å². The third-order valence-corrected chi connectivity index (χ3v) is 7.92. The molecule has 0 aliphatic heterocycles. The van der Waals surface area contributed by atoms with E-state index in [1.165, 1.54) is 5.20 Å². The topological polar surface area (TPSA) is 6.48 Å². The molecule has 0 atom stereocenters. The molecular weight excluding hydrogens is 224 g/mol. The summed E-state index contributed by atoms with van der Waals surface area (Å²) in [5.41, 5.74) is 0.224. The molecule has 0 saturated heterocycles. The van der Waals surface area contributed by atoms with Crippen LogP contribution in [0.2, 0.25) is 0 Å². The minimum atomic E-state index is -1.21. The molecule has 0 unspecified atom stereocenters. The van der Waals surface area contributed by atoms with Gasteiger partial charge in [-0.15, -0.1) is 6.58 Å². The van der Waals surface area contributed by atoms with Gasteiger partial charge in [0, 0.05) is 0 Å². The van der Waals surface area contributed by atoms with Crippen molar-refractivity contribution in [3.63, 3.8) is 0 Å². The van der Waals surface area contributed by atoms with Crippen molar-refractivity contribution in [1.29, 1.82) is 0 Å². The van der Waals surface area contributed by atoms with Crippen LogP contribution in [0.1, 0.15) is 48.5 Å². The first-order valence-electron chi connectivity index (χ1n) is 7.00. The number of hydrogen-bond acceptors (Lipinski definition) is 2. The van der Waals surface area contributed by atoms with Crippen molar-refractivity contribution in [2.45, 2.75) is 48.5 Å². The minimum Gasteiger partial charge on any atom is -0.311 e. The second kappa shape index (κ2) is 7.34. The molecule has 0 bridgehead atoms. The van der Waals surface area contributed by atoms with Gasteiger partial charge < -0.3 is 9.13 Å². The highest BCUT2D eigenvalue weighted by atomic mass is 28.3. The van der Waals surface area contributed by atoms with E-state index in [-0.39, 0.29) is 5.41 Å². The molecule has 102 valence electrons. The van der Waals surface area contributed by atoms with Crippen molar-refractivity contribution in [2.24, 2.45) is 5.41 Å². The third-order valence-electron chi connectivity index (χ3n) is 3.59. The number of nitrogens with zero attached hydrogens (tertiary/aromatic N) is 2. The van der Waals surface area contributed by atoms with E-state index in [1.54, 1.807) is 0 Å². The molecule has 0 fully saturated rings. The summed E-state index contributed by atoms with van der Waals surface area (Å²) in [6.07, 6.45) is 0. The zero-order chi connectivity index (χ0) is 13.6. The van der Waals surface area contributed by atoms with E-state index in [0.29, 0.717) is 0 Å². The molecule has 0 heterocycles. The van der Waals surface area contributed by atoms with Gasteiger partial charge in [-0.3, -0.25) is 0 Å². The Balaban J connectivity index is 5.16. The molecule has 17 heavy (non-hydrogen) atoms. The van der Waals surface area contributed by atoms with Gasteiger partial charge in [-0.2, -0.15) is 0 Å². The molecule has 0 aromatic carbocycles. The fraction of sp³-hybridized carbons (Fsp3) is 0.857. The molecule has 0 radical (unpaired) electrons. The zero-order valence-corrected chi connectivity index (χ0v) is 14.2. The van der Waals surface area contributed by atoms with E-state index < -0.39 is 9.12 Å². The maximum absolute atomic E-state index is 4.44. The van der Waals surface area contributed by atoms with Gasteiger partial charge >= 0.3 is 0 Å². The van der Waals surface area contributed by atoms with Crippen molar-refractivity contribution >= 4 is 9.12 Å².